The first-order valence-corrected chi connectivity index (χ1v) is 8.60. The van der Waals surface area contributed by atoms with Crippen molar-refractivity contribution in [2.24, 2.45) is 0 Å². The first-order valence-electron chi connectivity index (χ1n) is 7.52. The van der Waals surface area contributed by atoms with Gasteiger partial charge >= 0.3 is 0 Å². The van der Waals surface area contributed by atoms with Gasteiger partial charge in [0.1, 0.15) is 0 Å². The molecule has 6 heteroatoms. The molecule has 0 aromatic heterocycles. The number of benzene rings is 2. The fraction of sp³-hybridized carbons (Fsp3) is 0.167. The second-order valence-electron chi connectivity index (χ2n) is 5.98. The summed E-state index contributed by atoms with van der Waals surface area (Å²) in [6, 6.07) is 14.8. The van der Waals surface area contributed by atoms with Crippen LogP contribution in [0.15, 0.2) is 48.5 Å². The summed E-state index contributed by atoms with van der Waals surface area (Å²) in [5.74, 6) is -0.984. The van der Waals surface area contributed by atoms with Crippen molar-refractivity contribution in [1.29, 1.82) is 0 Å². The van der Waals surface area contributed by atoms with Gasteiger partial charge in [-0.25, -0.2) is 0 Å². The Morgan fingerprint density at radius 3 is 2.42 bits per heavy atom. The minimum Gasteiger partial charge on any atom is -0.315 e. The molecule has 120 valence electrons. The number of carbonyl (C=O) groups excluding carboxylic acids is 3. The average Bonchev–Trinajstić information content (AvgIpc) is 2.99. The highest BCUT2D eigenvalue weighted by Crippen LogP contribution is 2.45. The van der Waals surface area contributed by atoms with Crippen LogP contribution in [-0.4, -0.2) is 22.6 Å². The van der Waals surface area contributed by atoms with E-state index in [1.54, 1.807) is 24.3 Å². The van der Waals surface area contributed by atoms with Gasteiger partial charge in [0, 0.05) is 21.2 Å². The fourth-order valence-corrected chi connectivity index (χ4v) is 3.86. The molecule has 0 bridgehead atoms. The third kappa shape index (κ3) is 2.09. The normalized spacial score (nSPS) is 22.2. The van der Waals surface area contributed by atoms with E-state index < -0.39 is 11.4 Å². The van der Waals surface area contributed by atoms with Gasteiger partial charge < -0.3 is 4.90 Å². The maximum absolute atomic E-state index is 12.9. The molecule has 2 aliphatic rings. The Balaban J connectivity index is 1.83. The summed E-state index contributed by atoms with van der Waals surface area (Å²) in [5, 5.41) is 2.36. The van der Waals surface area contributed by atoms with Gasteiger partial charge in [-0.15, -0.1) is 0 Å². The largest absolute Gasteiger partial charge is 0.315 e. The van der Waals surface area contributed by atoms with Crippen LogP contribution in [-0.2, 0) is 21.7 Å². The van der Waals surface area contributed by atoms with Crippen LogP contribution >= 0.6 is 22.6 Å². The van der Waals surface area contributed by atoms with Gasteiger partial charge in [-0.2, -0.15) is 0 Å². The van der Waals surface area contributed by atoms with Gasteiger partial charge in [-0.1, -0.05) is 30.3 Å². The van der Waals surface area contributed by atoms with E-state index in [4.69, 9.17) is 0 Å². The Bertz CT molecular complexity index is 878. The number of nitrogens with one attached hydrogen (secondary N) is 1. The number of amides is 3. The molecule has 3 amide bonds. The van der Waals surface area contributed by atoms with Crippen molar-refractivity contribution in [2.45, 2.75) is 18.5 Å². The summed E-state index contributed by atoms with van der Waals surface area (Å²) in [6.07, 6.45) is -0.0288. The van der Waals surface area contributed by atoms with Gasteiger partial charge in [0.05, 0.1) is 6.42 Å². The first-order chi connectivity index (χ1) is 11.5. The molecule has 2 aromatic carbocycles. The predicted molar refractivity (Wildman–Crippen MR) is 94.9 cm³/mol. The lowest BCUT2D eigenvalue weighted by atomic mass is 9.87. The highest BCUT2D eigenvalue weighted by molar-refractivity contribution is 14.1. The van der Waals surface area contributed by atoms with E-state index in [2.05, 4.69) is 27.9 Å². The number of rotatable bonds is 2. The SMILES string of the molecule is O=C1CC2(C(=O)N1)c1ccccc1C(=O)N2Cc1ccc(I)cc1. The van der Waals surface area contributed by atoms with Gasteiger partial charge in [-0.05, 0) is 46.4 Å². The lowest BCUT2D eigenvalue weighted by molar-refractivity contribution is -0.129. The van der Waals surface area contributed by atoms with Crippen molar-refractivity contribution in [3.05, 3.63) is 68.8 Å². The first kappa shape index (κ1) is 15.3. The van der Waals surface area contributed by atoms with Crippen LogP contribution in [0.4, 0.5) is 0 Å². The molecular formula is C18H13IN2O3. The summed E-state index contributed by atoms with van der Waals surface area (Å²) in [7, 11) is 0. The molecule has 5 nitrogen and oxygen atoms in total. The van der Waals surface area contributed by atoms with Crippen LogP contribution in [0.25, 0.3) is 0 Å². The highest BCUT2D eigenvalue weighted by Gasteiger charge is 2.59. The van der Waals surface area contributed by atoms with Gasteiger partial charge in [-0.3, -0.25) is 19.7 Å². The Hall–Kier alpha value is -2.22. The smallest absolute Gasteiger partial charge is 0.257 e. The number of halogens is 1. The fourth-order valence-electron chi connectivity index (χ4n) is 3.50. The molecule has 1 unspecified atom stereocenters. The lowest BCUT2D eigenvalue weighted by Crippen LogP contribution is -2.48. The van der Waals surface area contributed by atoms with Crippen LogP contribution < -0.4 is 5.32 Å². The van der Waals surface area contributed by atoms with E-state index in [9.17, 15) is 14.4 Å². The molecule has 0 saturated carbocycles. The molecule has 1 spiro atoms. The quantitative estimate of drug-likeness (QED) is 0.585. The number of nitrogens with zero attached hydrogens (tertiary/aromatic N) is 1. The third-order valence-corrected chi connectivity index (χ3v) is 5.33. The van der Waals surface area contributed by atoms with E-state index in [1.165, 1.54) is 4.90 Å². The Kier molecular flexibility index (Phi) is 3.45. The predicted octanol–water partition coefficient (Wildman–Crippen LogP) is 2.19. The average molecular weight is 432 g/mol. The zero-order valence-corrected chi connectivity index (χ0v) is 14.7. The number of hydrogen-bond donors (Lipinski definition) is 1. The Morgan fingerprint density at radius 2 is 1.75 bits per heavy atom. The van der Waals surface area contributed by atoms with E-state index in [0.717, 1.165) is 9.13 Å². The van der Waals surface area contributed by atoms with Crippen molar-refractivity contribution in [1.82, 2.24) is 10.2 Å². The molecule has 1 saturated heterocycles. The minimum atomic E-state index is -1.23. The van der Waals surface area contributed by atoms with Crippen molar-refractivity contribution in [3.63, 3.8) is 0 Å². The van der Waals surface area contributed by atoms with Crippen LogP contribution in [0.5, 0.6) is 0 Å². The van der Waals surface area contributed by atoms with E-state index in [1.807, 2.05) is 24.3 Å². The minimum absolute atomic E-state index is 0.0288. The summed E-state index contributed by atoms with van der Waals surface area (Å²) in [6.45, 7) is 0.283. The number of hydrogen-bond acceptors (Lipinski definition) is 3. The van der Waals surface area contributed by atoms with Gasteiger partial charge in [0.25, 0.3) is 11.8 Å². The molecular weight excluding hydrogens is 419 g/mol. The molecule has 1 N–H and O–H groups in total. The molecule has 1 fully saturated rings. The molecule has 0 aliphatic carbocycles. The Labute approximate surface area is 152 Å². The maximum atomic E-state index is 12.9. The van der Waals surface area contributed by atoms with Crippen molar-refractivity contribution in [3.8, 4) is 0 Å². The van der Waals surface area contributed by atoms with Crippen molar-refractivity contribution >= 4 is 40.3 Å². The van der Waals surface area contributed by atoms with Gasteiger partial charge in [0.2, 0.25) is 5.91 Å². The van der Waals surface area contributed by atoms with E-state index in [0.29, 0.717) is 11.1 Å². The zero-order valence-electron chi connectivity index (χ0n) is 12.6. The molecule has 0 radical (unpaired) electrons. The summed E-state index contributed by atoms with van der Waals surface area (Å²) >= 11 is 2.21. The summed E-state index contributed by atoms with van der Waals surface area (Å²) < 4.78 is 1.09. The maximum Gasteiger partial charge on any atom is 0.257 e. The standard InChI is InChI=1S/C18H13IN2O3/c19-12-7-5-11(6-8-12)10-21-16(23)13-3-1-2-4-14(13)18(21)9-15(22)20-17(18)24/h1-8H,9-10H2,(H,20,22,24). The number of carbonyl (C=O) groups is 3. The number of fused-ring (bicyclic) bond motifs is 2. The molecule has 24 heavy (non-hydrogen) atoms. The van der Waals surface area contributed by atoms with E-state index >= 15 is 0 Å². The monoisotopic (exact) mass is 432 g/mol. The summed E-state index contributed by atoms with van der Waals surface area (Å²) in [5.41, 5.74) is 0.799. The van der Waals surface area contributed by atoms with Crippen molar-refractivity contribution in [2.75, 3.05) is 0 Å². The Morgan fingerprint density at radius 1 is 1.04 bits per heavy atom. The third-order valence-electron chi connectivity index (χ3n) is 4.61. The van der Waals surface area contributed by atoms with E-state index in [-0.39, 0.29) is 24.8 Å². The van der Waals surface area contributed by atoms with Crippen LogP contribution in [0.2, 0.25) is 0 Å². The second kappa shape index (κ2) is 5.41. The van der Waals surface area contributed by atoms with Crippen molar-refractivity contribution < 1.29 is 14.4 Å². The second-order valence-corrected chi connectivity index (χ2v) is 7.22. The zero-order chi connectivity index (χ0) is 16.9. The lowest BCUT2D eigenvalue weighted by Gasteiger charge is -2.32. The van der Waals surface area contributed by atoms with Crippen LogP contribution in [0.1, 0.15) is 27.9 Å². The molecule has 1 atom stereocenters. The topological polar surface area (TPSA) is 66.5 Å². The summed E-state index contributed by atoms with van der Waals surface area (Å²) in [4.78, 5) is 39.0. The molecule has 2 aliphatic heterocycles. The van der Waals surface area contributed by atoms with Gasteiger partial charge in [0.15, 0.2) is 5.54 Å². The molecule has 4 rings (SSSR count). The molecule has 2 heterocycles. The van der Waals surface area contributed by atoms with Crippen LogP contribution in [0, 0.1) is 3.57 Å². The highest BCUT2D eigenvalue weighted by atomic mass is 127. The molecule has 2 aromatic rings. The van der Waals surface area contributed by atoms with Crippen LogP contribution in [0.3, 0.4) is 0 Å². The number of imide groups is 1.